The second-order valence-electron chi connectivity index (χ2n) is 4.71. The first-order chi connectivity index (χ1) is 9.01. The molecule has 1 aromatic rings. The SMILES string of the molecule is CCC(CC)C(Cl)CNC(=O)c1cccc(Cl)c1C. The van der Waals surface area contributed by atoms with Crippen molar-refractivity contribution in [3.63, 3.8) is 0 Å². The van der Waals surface area contributed by atoms with E-state index in [1.54, 1.807) is 18.2 Å². The molecule has 19 heavy (non-hydrogen) atoms. The van der Waals surface area contributed by atoms with Crippen molar-refractivity contribution in [2.24, 2.45) is 5.92 Å². The van der Waals surface area contributed by atoms with Crippen LogP contribution in [0.3, 0.4) is 0 Å². The number of hydrogen-bond donors (Lipinski definition) is 1. The van der Waals surface area contributed by atoms with E-state index in [0.29, 0.717) is 23.0 Å². The highest BCUT2D eigenvalue weighted by atomic mass is 35.5. The smallest absolute Gasteiger partial charge is 0.251 e. The molecule has 1 aromatic carbocycles. The minimum absolute atomic E-state index is 0.0292. The third kappa shape index (κ3) is 4.39. The van der Waals surface area contributed by atoms with E-state index in [2.05, 4.69) is 19.2 Å². The maximum absolute atomic E-state index is 12.1. The van der Waals surface area contributed by atoms with Crippen LogP contribution < -0.4 is 5.32 Å². The first kappa shape index (κ1) is 16.3. The largest absolute Gasteiger partial charge is 0.351 e. The van der Waals surface area contributed by atoms with Crippen molar-refractivity contribution in [1.29, 1.82) is 0 Å². The van der Waals surface area contributed by atoms with Gasteiger partial charge >= 0.3 is 0 Å². The normalized spacial score (nSPS) is 12.5. The van der Waals surface area contributed by atoms with E-state index >= 15 is 0 Å². The first-order valence-corrected chi connectivity index (χ1v) is 7.50. The van der Waals surface area contributed by atoms with Crippen molar-refractivity contribution >= 4 is 29.1 Å². The molecule has 1 rings (SSSR count). The van der Waals surface area contributed by atoms with Gasteiger partial charge in [0.2, 0.25) is 0 Å². The highest BCUT2D eigenvalue weighted by molar-refractivity contribution is 6.31. The van der Waals surface area contributed by atoms with Gasteiger partial charge in [-0.1, -0.05) is 44.4 Å². The predicted molar refractivity (Wildman–Crippen MR) is 82.2 cm³/mol. The molecule has 0 heterocycles. The van der Waals surface area contributed by atoms with Crippen LogP contribution in [0.25, 0.3) is 0 Å². The van der Waals surface area contributed by atoms with E-state index in [9.17, 15) is 4.79 Å². The van der Waals surface area contributed by atoms with Crippen molar-refractivity contribution in [1.82, 2.24) is 5.32 Å². The van der Waals surface area contributed by atoms with Gasteiger partial charge in [-0.15, -0.1) is 11.6 Å². The maximum Gasteiger partial charge on any atom is 0.251 e. The molecule has 106 valence electrons. The molecular formula is C15H21Cl2NO. The van der Waals surface area contributed by atoms with Gasteiger partial charge in [-0.3, -0.25) is 4.79 Å². The lowest BCUT2D eigenvalue weighted by atomic mass is 9.99. The summed E-state index contributed by atoms with van der Waals surface area (Å²) >= 11 is 12.3. The molecule has 0 aromatic heterocycles. The van der Waals surface area contributed by atoms with Gasteiger partial charge in [-0.25, -0.2) is 0 Å². The Morgan fingerprint density at radius 2 is 1.95 bits per heavy atom. The van der Waals surface area contributed by atoms with E-state index in [1.165, 1.54) is 0 Å². The molecule has 1 atom stereocenters. The minimum atomic E-state index is -0.114. The fourth-order valence-corrected chi connectivity index (χ4v) is 2.71. The number of carbonyl (C=O) groups excluding carboxylic acids is 1. The molecular weight excluding hydrogens is 281 g/mol. The second-order valence-corrected chi connectivity index (χ2v) is 5.68. The van der Waals surface area contributed by atoms with Crippen LogP contribution in [-0.4, -0.2) is 17.8 Å². The summed E-state index contributed by atoms with van der Waals surface area (Å²) in [5.41, 5.74) is 1.41. The molecule has 0 fully saturated rings. The maximum atomic E-state index is 12.1. The zero-order chi connectivity index (χ0) is 14.4. The highest BCUT2D eigenvalue weighted by Crippen LogP contribution is 2.20. The number of nitrogens with one attached hydrogen (secondary N) is 1. The summed E-state index contributed by atoms with van der Waals surface area (Å²) in [5.74, 6) is 0.319. The van der Waals surface area contributed by atoms with Crippen LogP contribution >= 0.6 is 23.2 Å². The lowest BCUT2D eigenvalue weighted by Crippen LogP contribution is -2.33. The van der Waals surface area contributed by atoms with Crippen LogP contribution in [0, 0.1) is 12.8 Å². The Bertz CT molecular complexity index is 430. The standard InChI is InChI=1S/C15H21Cl2NO/c1-4-11(5-2)14(17)9-18-15(19)12-7-6-8-13(16)10(12)3/h6-8,11,14H,4-5,9H2,1-3H3,(H,18,19). The van der Waals surface area contributed by atoms with Gasteiger partial charge in [0.05, 0.1) is 5.38 Å². The molecule has 2 nitrogen and oxygen atoms in total. The molecule has 1 amide bonds. The summed E-state index contributed by atoms with van der Waals surface area (Å²) in [5, 5.41) is 3.46. The van der Waals surface area contributed by atoms with Crippen LogP contribution in [0.4, 0.5) is 0 Å². The molecule has 0 saturated carbocycles. The summed E-state index contributed by atoms with van der Waals surface area (Å²) in [6, 6.07) is 5.34. The molecule has 0 aliphatic carbocycles. The van der Waals surface area contributed by atoms with Gasteiger partial charge in [-0.05, 0) is 30.5 Å². The number of halogens is 2. The third-order valence-electron chi connectivity index (χ3n) is 3.53. The average molecular weight is 302 g/mol. The van der Waals surface area contributed by atoms with E-state index in [-0.39, 0.29) is 11.3 Å². The number of hydrogen-bond acceptors (Lipinski definition) is 1. The summed E-state index contributed by atoms with van der Waals surface area (Å²) in [6.07, 6.45) is 2.05. The molecule has 0 aliphatic heterocycles. The Morgan fingerprint density at radius 3 is 2.53 bits per heavy atom. The van der Waals surface area contributed by atoms with Crippen molar-refractivity contribution in [3.05, 3.63) is 34.3 Å². The van der Waals surface area contributed by atoms with Crippen LogP contribution in [0.5, 0.6) is 0 Å². The number of carbonyl (C=O) groups is 1. The quantitative estimate of drug-likeness (QED) is 0.774. The lowest BCUT2D eigenvalue weighted by Gasteiger charge is -2.19. The molecule has 1 unspecified atom stereocenters. The van der Waals surface area contributed by atoms with Gasteiger partial charge in [0.25, 0.3) is 5.91 Å². The molecule has 0 radical (unpaired) electrons. The second kappa shape index (κ2) is 7.76. The van der Waals surface area contributed by atoms with Crippen LogP contribution in [0.1, 0.15) is 42.6 Å². The van der Waals surface area contributed by atoms with Crippen LogP contribution in [0.15, 0.2) is 18.2 Å². The fourth-order valence-electron chi connectivity index (χ4n) is 2.11. The fraction of sp³-hybridized carbons (Fsp3) is 0.533. The Balaban J connectivity index is 2.63. The summed E-state index contributed by atoms with van der Waals surface area (Å²) in [6.45, 7) is 6.56. The van der Waals surface area contributed by atoms with E-state index < -0.39 is 0 Å². The van der Waals surface area contributed by atoms with E-state index in [4.69, 9.17) is 23.2 Å². The highest BCUT2D eigenvalue weighted by Gasteiger charge is 2.17. The van der Waals surface area contributed by atoms with Crippen molar-refractivity contribution in [2.75, 3.05) is 6.54 Å². The zero-order valence-corrected chi connectivity index (χ0v) is 13.2. The molecule has 0 spiro atoms. The number of amides is 1. The monoisotopic (exact) mass is 301 g/mol. The molecule has 1 N–H and O–H groups in total. The number of alkyl halides is 1. The molecule has 0 bridgehead atoms. The van der Waals surface area contributed by atoms with E-state index in [1.807, 2.05) is 6.92 Å². The van der Waals surface area contributed by atoms with Crippen LogP contribution in [0.2, 0.25) is 5.02 Å². The Hall–Kier alpha value is -0.730. The van der Waals surface area contributed by atoms with Gasteiger partial charge in [0.15, 0.2) is 0 Å². The third-order valence-corrected chi connectivity index (χ3v) is 4.45. The Kier molecular flexibility index (Phi) is 6.67. The van der Waals surface area contributed by atoms with Gasteiger partial charge in [-0.2, -0.15) is 0 Å². The zero-order valence-electron chi connectivity index (χ0n) is 11.7. The Labute approximate surface area is 125 Å². The summed E-state index contributed by atoms with van der Waals surface area (Å²) in [7, 11) is 0. The van der Waals surface area contributed by atoms with Crippen molar-refractivity contribution < 1.29 is 4.79 Å². The molecule has 0 aliphatic rings. The molecule has 0 saturated heterocycles. The van der Waals surface area contributed by atoms with Crippen molar-refractivity contribution in [3.8, 4) is 0 Å². The van der Waals surface area contributed by atoms with Gasteiger partial charge < -0.3 is 5.32 Å². The van der Waals surface area contributed by atoms with Crippen molar-refractivity contribution in [2.45, 2.75) is 39.0 Å². The Morgan fingerprint density at radius 1 is 1.32 bits per heavy atom. The lowest BCUT2D eigenvalue weighted by molar-refractivity contribution is 0.0951. The minimum Gasteiger partial charge on any atom is -0.351 e. The van der Waals surface area contributed by atoms with Crippen LogP contribution in [-0.2, 0) is 0 Å². The average Bonchev–Trinajstić information content (AvgIpc) is 2.40. The summed E-state index contributed by atoms with van der Waals surface area (Å²) in [4.78, 5) is 12.1. The van der Waals surface area contributed by atoms with E-state index in [0.717, 1.165) is 18.4 Å². The van der Waals surface area contributed by atoms with Gasteiger partial charge in [0.1, 0.15) is 0 Å². The molecule has 4 heteroatoms. The number of benzene rings is 1. The topological polar surface area (TPSA) is 29.1 Å². The van der Waals surface area contributed by atoms with Gasteiger partial charge in [0, 0.05) is 17.1 Å². The number of rotatable bonds is 6. The predicted octanol–water partition coefficient (Wildman–Crippen LogP) is 4.42. The summed E-state index contributed by atoms with van der Waals surface area (Å²) < 4.78 is 0. The first-order valence-electron chi connectivity index (χ1n) is 6.68.